The van der Waals surface area contributed by atoms with E-state index in [1.54, 1.807) is 25.3 Å². The normalized spacial score (nSPS) is 18.6. The molecule has 41 heavy (non-hydrogen) atoms. The van der Waals surface area contributed by atoms with E-state index in [0.29, 0.717) is 37.4 Å². The third-order valence-electron chi connectivity index (χ3n) is 7.71. The lowest BCUT2D eigenvalue weighted by Gasteiger charge is -2.38. The quantitative estimate of drug-likeness (QED) is 0.312. The maximum absolute atomic E-state index is 13.4. The third-order valence-corrected chi connectivity index (χ3v) is 8.60. The Morgan fingerprint density at radius 3 is 2.63 bits per heavy atom. The van der Waals surface area contributed by atoms with Crippen molar-refractivity contribution in [2.75, 3.05) is 11.9 Å². The molecule has 2 unspecified atom stereocenters. The molecule has 0 spiro atoms. The molecule has 4 atom stereocenters. The monoisotopic (exact) mass is 577 g/mol. The molecule has 1 aliphatic rings. The fraction of sp³-hybridized carbons (Fsp3) is 0.484. The average Bonchev–Trinajstić information content (AvgIpc) is 2.94. The van der Waals surface area contributed by atoms with E-state index in [1.165, 1.54) is 11.1 Å². The van der Waals surface area contributed by atoms with E-state index in [-0.39, 0.29) is 18.0 Å². The summed E-state index contributed by atoms with van der Waals surface area (Å²) in [5.74, 6) is 0.580. The Bertz CT molecular complexity index is 1360. The molecule has 2 N–H and O–H groups in total. The molecular formula is C31H41N6O3S-. The van der Waals surface area contributed by atoms with Crippen molar-refractivity contribution in [3.63, 3.8) is 0 Å². The summed E-state index contributed by atoms with van der Waals surface area (Å²) in [6.45, 7) is 11.3. The summed E-state index contributed by atoms with van der Waals surface area (Å²) < 4.78 is 22.3. The van der Waals surface area contributed by atoms with Gasteiger partial charge in [0.1, 0.15) is 0 Å². The SMILES string of the molecule is CCc1cnc(Nc2cc(C)cc(C)c2)nc1CN[C@H]1CCN(C(=O)c2ccnc(CCC(C)S(=O)[O-])c2)[C@H](C)C1. The zero-order chi connectivity index (χ0) is 29.5. The number of nitrogens with zero attached hydrogens (tertiary/aromatic N) is 4. The Labute approximate surface area is 245 Å². The van der Waals surface area contributed by atoms with Gasteiger partial charge in [0.15, 0.2) is 0 Å². The number of anilines is 2. The molecule has 1 aliphatic heterocycles. The molecule has 3 aromatic rings. The van der Waals surface area contributed by atoms with Crippen LogP contribution in [0.1, 0.15) is 78.5 Å². The molecule has 2 aromatic heterocycles. The van der Waals surface area contributed by atoms with Crippen molar-refractivity contribution in [3.05, 3.63) is 76.4 Å². The number of piperidine rings is 1. The molecule has 3 heterocycles. The van der Waals surface area contributed by atoms with Gasteiger partial charge in [0.25, 0.3) is 5.91 Å². The Kier molecular flexibility index (Phi) is 10.6. The Morgan fingerprint density at radius 1 is 1.20 bits per heavy atom. The maximum Gasteiger partial charge on any atom is 0.254 e. The minimum Gasteiger partial charge on any atom is -0.772 e. The zero-order valence-electron chi connectivity index (χ0n) is 24.6. The number of aromatic nitrogens is 3. The van der Waals surface area contributed by atoms with Crippen molar-refractivity contribution in [3.8, 4) is 0 Å². The highest BCUT2D eigenvalue weighted by molar-refractivity contribution is 7.79. The third kappa shape index (κ3) is 8.40. The van der Waals surface area contributed by atoms with Gasteiger partial charge in [-0.3, -0.25) is 14.0 Å². The topological polar surface area (TPSA) is 123 Å². The predicted molar refractivity (Wildman–Crippen MR) is 162 cm³/mol. The maximum atomic E-state index is 13.4. The molecule has 1 saturated heterocycles. The number of nitrogens with one attached hydrogen (secondary N) is 2. The van der Waals surface area contributed by atoms with Crippen LogP contribution in [-0.4, -0.2) is 58.4 Å². The highest BCUT2D eigenvalue weighted by Crippen LogP contribution is 2.22. The first kappa shape index (κ1) is 30.7. The smallest absolute Gasteiger partial charge is 0.254 e. The molecule has 220 valence electrons. The van der Waals surface area contributed by atoms with Gasteiger partial charge in [0.2, 0.25) is 5.95 Å². The second kappa shape index (κ2) is 14.1. The summed E-state index contributed by atoms with van der Waals surface area (Å²) in [6.07, 6.45) is 7.08. The van der Waals surface area contributed by atoms with Gasteiger partial charge in [-0.2, -0.15) is 0 Å². The van der Waals surface area contributed by atoms with E-state index in [0.717, 1.165) is 41.9 Å². The van der Waals surface area contributed by atoms with Gasteiger partial charge in [-0.15, -0.1) is 0 Å². The van der Waals surface area contributed by atoms with Crippen LogP contribution in [0.3, 0.4) is 0 Å². The van der Waals surface area contributed by atoms with E-state index in [2.05, 4.69) is 66.5 Å². The van der Waals surface area contributed by atoms with Gasteiger partial charge in [0.05, 0.1) is 5.69 Å². The number of carbonyl (C=O) groups is 1. The van der Waals surface area contributed by atoms with Crippen LogP contribution in [0.4, 0.5) is 11.6 Å². The van der Waals surface area contributed by atoms with Crippen molar-refractivity contribution in [2.24, 2.45) is 0 Å². The number of hydrogen-bond donors (Lipinski definition) is 2. The van der Waals surface area contributed by atoms with Crippen LogP contribution in [-0.2, 0) is 30.5 Å². The van der Waals surface area contributed by atoms with E-state index in [9.17, 15) is 13.6 Å². The van der Waals surface area contributed by atoms with Crippen LogP contribution in [0, 0.1) is 13.8 Å². The van der Waals surface area contributed by atoms with Crippen molar-refractivity contribution in [2.45, 2.75) is 90.6 Å². The lowest BCUT2D eigenvalue weighted by Crippen LogP contribution is -2.49. The highest BCUT2D eigenvalue weighted by atomic mass is 32.2. The van der Waals surface area contributed by atoms with Crippen molar-refractivity contribution in [1.82, 2.24) is 25.2 Å². The molecule has 1 aromatic carbocycles. The fourth-order valence-corrected chi connectivity index (χ4v) is 5.70. The first-order valence-electron chi connectivity index (χ1n) is 14.4. The predicted octanol–water partition coefficient (Wildman–Crippen LogP) is 4.78. The minimum atomic E-state index is -2.11. The van der Waals surface area contributed by atoms with Gasteiger partial charge in [0, 0.05) is 59.8 Å². The van der Waals surface area contributed by atoms with Crippen molar-refractivity contribution in [1.29, 1.82) is 0 Å². The molecule has 1 amide bonds. The van der Waals surface area contributed by atoms with Crippen LogP contribution in [0.15, 0.2) is 42.7 Å². The highest BCUT2D eigenvalue weighted by Gasteiger charge is 2.29. The molecular weight excluding hydrogens is 536 g/mol. The number of benzene rings is 1. The standard InChI is InChI=1S/C31H42N6O3S/c1-6-24-18-34-31(35-28-14-20(2)13-21(3)15-28)36-29(24)19-33-27-10-12-37(22(4)16-27)30(38)25-9-11-32-26(17-25)8-7-23(5)41(39)40/h9,11,13-15,17-18,22-23,27,33H,6-8,10,12,16,19H2,1-5H3,(H,39,40)(H,34,35,36)/p-1/t22-,23?,27+/m1/s1. The second-order valence-corrected chi connectivity index (χ2v) is 12.4. The molecule has 1 fully saturated rings. The van der Waals surface area contributed by atoms with E-state index >= 15 is 0 Å². The molecule has 0 aliphatic carbocycles. The van der Waals surface area contributed by atoms with E-state index in [1.807, 2.05) is 11.1 Å². The van der Waals surface area contributed by atoms with E-state index in [4.69, 9.17) is 4.98 Å². The number of carbonyl (C=O) groups excluding carboxylic acids is 1. The number of hydrogen-bond acceptors (Lipinski definition) is 8. The molecule has 4 rings (SSSR count). The molecule has 0 bridgehead atoms. The molecule has 9 nitrogen and oxygen atoms in total. The van der Waals surface area contributed by atoms with Gasteiger partial charge >= 0.3 is 0 Å². The summed E-state index contributed by atoms with van der Waals surface area (Å²) in [7, 11) is 0. The molecule has 10 heteroatoms. The number of amides is 1. The zero-order valence-corrected chi connectivity index (χ0v) is 25.5. The summed E-state index contributed by atoms with van der Waals surface area (Å²) in [5.41, 5.74) is 6.79. The van der Waals surface area contributed by atoms with Crippen LogP contribution in [0.5, 0.6) is 0 Å². The lowest BCUT2D eigenvalue weighted by molar-refractivity contribution is 0.0601. The van der Waals surface area contributed by atoms with Crippen LogP contribution in [0.25, 0.3) is 0 Å². The van der Waals surface area contributed by atoms with Crippen LogP contribution < -0.4 is 10.6 Å². The number of rotatable bonds is 11. The van der Waals surface area contributed by atoms with Gasteiger partial charge in [-0.25, -0.2) is 9.97 Å². The Hall–Kier alpha value is -3.21. The summed E-state index contributed by atoms with van der Waals surface area (Å²) in [4.78, 5) is 29.0. The van der Waals surface area contributed by atoms with Crippen LogP contribution in [0.2, 0.25) is 0 Å². The minimum absolute atomic E-state index is 0.00813. The largest absolute Gasteiger partial charge is 0.772 e. The average molecular weight is 578 g/mol. The van der Waals surface area contributed by atoms with Gasteiger partial charge in [-0.1, -0.05) is 31.0 Å². The molecule has 0 saturated carbocycles. The summed E-state index contributed by atoms with van der Waals surface area (Å²) in [5, 5.41) is 6.59. The Morgan fingerprint density at radius 2 is 1.95 bits per heavy atom. The van der Waals surface area contributed by atoms with Crippen molar-refractivity contribution >= 4 is 28.6 Å². The summed E-state index contributed by atoms with van der Waals surface area (Å²) >= 11 is -2.11. The van der Waals surface area contributed by atoms with E-state index < -0.39 is 16.3 Å². The van der Waals surface area contributed by atoms with Crippen molar-refractivity contribution < 1.29 is 13.6 Å². The first-order valence-corrected chi connectivity index (χ1v) is 15.5. The number of pyridine rings is 1. The van der Waals surface area contributed by atoms with Crippen LogP contribution >= 0.6 is 0 Å². The first-order chi connectivity index (χ1) is 19.6. The Balaban J connectivity index is 1.34. The molecule has 0 radical (unpaired) electrons. The van der Waals surface area contributed by atoms with Gasteiger partial charge in [-0.05, 0) is 93.8 Å². The van der Waals surface area contributed by atoms with Gasteiger partial charge < -0.3 is 20.1 Å². The number of likely N-dealkylation sites (tertiary alicyclic amines) is 1. The summed E-state index contributed by atoms with van der Waals surface area (Å²) in [6, 6.07) is 10.2. The lowest BCUT2D eigenvalue weighted by atomic mass is 9.97. The second-order valence-electron chi connectivity index (χ2n) is 11.1. The number of aryl methyl sites for hydroxylation is 4. The fourth-order valence-electron chi connectivity index (χ4n) is 5.39.